The number of esters is 1. The molecule has 0 saturated heterocycles. The van der Waals surface area contributed by atoms with Gasteiger partial charge in [-0.2, -0.15) is 0 Å². The summed E-state index contributed by atoms with van der Waals surface area (Å²) in [4.78, 5) is 25.1. The molecule has 0 unspecified atom stereocenters. The van der Waals surface area contributed by atoms with Gasteiger partial charge in [-0.1, -0.05) is 43.2 Å². The Balaban J connectivity index is 2.09. The van der Waals surface area contributed by atoms with E-state index in [2.05, 4.69) is 0 Å². The van der Waals surface area contributed by atoms with Crippen molar-refractivity contribution in [3.63, 3.8) is 0 Å². The van der Waals surface area contributed by atoms with Gasteiger partial charge in [-0.3, -0.25) is 4.79 Å². The van der Waals surface area contributed by atoms with Gasteiger partial charge in [0, 0.05) is 0 Å². The molecule has 0 amide bonds. The monoisotopic (exact) mass is 300 g/mol. The van der Waals surface area contributed by atoms with Crippen LogP contribution in [0.4, 0.5) is 0 Å². The zero-order chi connectivity index (χ0) is 16.0. The number of hydrogen-bond donors (Lipinski definition) is 0. The first-order valence-corrected chi connectivity index (χ1v) is 8.14. The number of benzene rings is 1. The van der Waals surface area contributed by atoms with Crippen LogP contribution in [0, 0.1) is 11.3 Å². The summed E-state index contributed by atoms with van der Waals surface area (Å²) < 4.78 is 5.74. The highest BCUT2D eigenvalue weighted by atomic mass is 16.6. The standard InChI is InChI=1S/C19H24O3/c1-17(2,3)22-16(21)19(14-9-5-4-6-10-14)15-11-7-8-12-18(15,19)13-20/h4-6,9-10,13,15H,7-8,11-12H2,1-3H3/t15-,18-,19+/m0/s1. The van der Waals surface area contributed by atoms with E-state index >= 15 is 0 Å². The van der Waals surface area contributed by atoms with Gasteiger partial charge in [-0.25, -0.2) is 0 Å². The second-order valence-corrected chi connectivity index (χ2v) is 7.63. The molecular formula is C19H24O3. The second-order valence-electron chi connectivity index (χ2n) is 7.63. The van der Waals surface area contributed by atoms with Gasteiger partial charge in [-0.05, 0) is 45.1 Å². The van der Waals surface area contributed by atoms with Crippen molar-refractivity contribution in [1.82, 2.24) is 0 Å². The summed E-state index contributed by atoms with van der Waals surface area (Å²) in [5.74, 6) is -0.145. The Morgan fingerprint density at radius 3 is 2.45 bits per heavy atom. The van der Waals surface area contributed by atoms with Crippen molar-refractivity contribution < 1.29 is 14.3 Å². The summed E-state index contributed by atoms with van der Waals surface area (Å²) in [6.07, 6.45) is 4.83. The molecule has 22 heavy (non-hydrogen) atoms. The fourth-order valence-corrected chi connectivity index (χ4v) is 4.47. The predicted molar refractivity (Wildman–Crippen MR) is 84.4 cm³/mol. The molecular weight excluding hydrogens is 276 g/mol. The minimum Gasteiger partial charge on any atom is -0.459 e. The molecule has 3 heteroatoms. The molecule has 2 aliphatic rings. The molecule has 1 aromatic rings. The maximum Gasteiger partial charge on any atom is 0.318 e. The van der Waals surface area contributed by atoms with Crippen molar-refractivity contribution >= 4 is 12.3 Å². The van der Waals surface area contributed by atoms with Gasteiger partial charge in [0.25, 0.3) is 0 Å². The summed E-state index contributed by atoms with van der Waals surface area (Å²) in [6, 6.07) is 9.74. The van der Waals surface area contributed by atoms with Gasteiger partial charge in [0.2, 0.25) is 0 Å². The average molecular weight is 300 g/mol. The molecule has 0 radical (unpaired) electrons. The Hall–Kier alpha value is -1.64. The first-order valence-electron chi connectivity index (χ1n) is 8.14. The second kappa shape index (κ2) is 4.94. The van der Waals surface area contributed by atoms with Crippen LogP contribution in [0.3, 0.4) is 0 Å². The minimum absolute atomic E-state index is 0.0866. The Morgan fingerprint density at radius 1 is 1.23 bits per heavy atom. The molecule has 3 rings (SSSR count). The van der Waals surface area contributed by atoms with E-state index in [1.165, 1.54) is 0 Å². The lowest BCUT2D eigenvalue weighted by molar-refractivity contribution is -0.160. The van der Waals surface area contributed by atoms with Crippen LogP contribution in [-0.2, 0) is 19.7 Å². The lowest BCUT2D eigenvalue weighted by Crippen LogP contribution is -2.36. The number of fused-ring (bicyclic) bond motifs is 1. The third-order valence-corrected chi connectivity index (χ3v) is 5.29. The first kappa shape index (κ1) is 15.3. The van der Waals surface area contributed by atoms with E-state index in [4.69, 9.17) is 4.74 Å². The molecule has 0 aromatic heterocycles. The Bertz CT molecular complexity index is 586. The molecule has 3 nitrogen and oxygen atoms in total. The molecule has 0 N–H and O–H groups in total. The summed E-state index contributed by atoms with van der Waals surface area (Å²) >= 11 is 0. The largest absolute Gasteiger partial charge is 0.459 e. The van der Waals surface area contributed by atoms with Gasteiger partial charge in [0.15, 0.2) is 0 Å². The number of ether oxygens (including phenoxy) is 1. The molecule has 2 fully saturated rings. The van der Waals surface area contributed by atoms with E-state index in [1.54, 1.807) is 0 Å². The molecule has 0 bridgehead atoms. The smallest absolute Gasteiger partial charge is 0.318 e. The van der Waals surface area contributed by atoms with E-state index < -0.39 is 16.4 Å². The lowest BCUT2D eigenvalue weighted by atomic mass is 9.83. The summed E-state index contributed by atoms with van der Waals surface area (Å²) in [5.41, 5.74) is -0.952. The molecule has 118 valence electrons. The number of carbonyl (C=O) groups is 2. The van der Waals surface area contributed by atoms with E-state index in [-0.39, 0.29) is 11.9 Å². The van der Waals surface area contributed by atoms with Crippen molar-refractivity contribution in [2.45, 2.75) is 57.5 Å². The summed E-state index contributed by atoms with van der Waals surface area (Å²) in [6.45, 7) is 5.63. The van der Waals surface area contributed by atoms with Gasteiger partial charge in [0.05, 0.1) is 5.41 Å². The van der Waals surface area contributed by atoms with Crippen molar-refractivity contribution in [1.29, 1.82) is 0 Å². The van der Waals surface area contributed by atoms with Crippen LogP contribution in [0.25, 0.3) is 0 Å². The topological polar surface area (TPSA) is 43.4 Å². The van der Waals surface area contributed by atoms with Gasteiger partial charge in [-0.15, -0.1) is 0 Å². The first-order chi connectivity index (χ1) is 10.4. The van der Waals surface area contributed by atoms with Gasteiger partial charge >= 0.3 is 5.97 Å². The molecule has 0 aliphatic heterocycles. The summed E-state index contributed by atoms with van der Waals surface area (Å²) in [5, 5.41) is 0. The highest BCUT2D eigenvalue weighted by Gasteiger charge is 2.82. The zero-order valence-corrected chi connectivity index (χ0v) is 13.6. The van der Waals surface area contributed by atoms with Crippen molar-refractivity contribution in [2.75, 3.05) is 0 Å². The third kappa shape index (κ3) is 1.94. The van der Waals surface area contributed by atoms with Crippen molar-refractivity contribution in [3.05, 3.63) is 35.9 Å². The minimum atomic E-state index is -0.778. The lowest BCUT2D eigenvalue weighted by Gasteiger charge is -2.26. The number of aldehydes is 1. The van der Waals surface area contributed by atoms with E-state index in [9.17, 15) is 9.59 Å². The molecule has 1 aromatic carbocycles. The highest BCUT2D eigenvalue weighted by molar-refractivity contribution is 5.97. The highest BCUT2D eigenvalue weighted by Crippen LogP contribution is 2.74. The Morgan fingerprint density at radius 2 is 1.91 bits per heavy atom. The molecule has 2 saturated carbocycles. The molecule has 0 spiro atoms. The number of carbonyl (C=O) groups excluding carboxylic acids is 2. The van der Waals surface area contributed by atoms with Crippen LogP contribution >= 0.6 is 0 Å². The molecule has 2 aliphatic carbocycles. The van der Waals surface area contributed by atoms with Gasteiger partial charge in [0.1, 0.15) is 17.3 Å². The van der Waals surface area contributed by atoms with Crippen LogP contribution in [0.15, 0.2) is 30.3 Å². The Labute approximate surface area is 132 Å². The van der Waals surface area contributed by atoms with E-state index in [0.29, 0.717) is 0 Å². The zero-order valence-electron chi connectivity index (χ0n) is 13.6. The van der Waals surface area contributed by atoms with E-state index in [1.807, 2.05) is 51.1 Å². The van der Waals surface area contributed by atoms with Crippen LogP contribution in [0.2, 0.25) is 0 Å². The summed E-state index contributed by atoms with van der Waals surface area (Å²) in [7, 11) is 0. The fraction of sp³-hybridized carbons (Fsp3) is 0.579. The SMILES string of the molecule is CC(C)(C)OC(=O)[C@@]1(c2ccccc2)[C@H]2CCCC[C@]21C=O. The normalized spacial score (nSPS) is 33.7. The third-order valence-electron chi connectivity index (χ3n) is 5.29. The van der Waals surface area contributed by atoms with E-state index in [0.717, 1.165) is 37.5 Å². The predicted octanol–water partition coefficient (Wildman–Crippen LogP) is 3.66. The average Bonchev–Trinajstić information content (AvgIpc) is 3.11. The molecule has 0 heterocycles. The van der Waals surface area contributed by atoms with Crippen LogP contribution in [0.1, 0.15) is 52.0 Å². The van der Waals surface area contributed by atoms with Crippen LogP contribution in [0.5, 0.6) is 0 Å². The van der Waals surface area contributed by atoms with Gasteiger partial charge < -0.3 is 9.53 Å². The Kier molecular flexibility index (Phi) is 3.42. The quantitative estimate of drug-likeness (QED) is 0.632. The maximum atomic E-state index is 13.1. The number of hydrogen-bond acceptors (Lipinski definition) is 3. The van der Waals surface area contributed by atoms with Crippen LogP contribution in [-0.4, -0.2) is 17.9 Å². The fourth-order valence-electron chi connectivity index (χ4n) is 4.47. The number of rotatable bonds is 3. The van der Waals surface area contributed by atoms with Crippen LogP contribution < -0.4 is 0 Å². The molecule has 3 atom stereocenters. The van der Waals surface area contributed by atoms with Crippen molar-refractivity contribution in [2.24, 2.45) is 11.3 Å². The maximum absolute atomic E-state index is 13.1. The van der Waals surface area contributed by atoms with Crippen molar-refractivity contribution in [3.8, 4) is 0 Å².